The Kier molecular flexibility index (Phi) is 36.0. The topological polar surface area (TPSA) is 0 Å². The van der Waals surface area contributed by atoms with E-state index in [9.17, 15) is 0 Å². The van der Waals surface area contributed by atoms with Gasteiger partial charge in [-0.2, -0.15) is 0 Å². The number of allylic oxidation sites excluding steroid dienone is 2. The Morgan fingerprint density at radius 1 is 0.356 bits per heavy atom. The van der Waals surface area contributed by atoms with Crippen molar-refractivity contribution in [2.45, 2.75) is 265 Å². The summed E-state index contributed by atoms with van der Waals surface area (Å²) in [6, 6.07) is 19.3. The lowest BCUT2D eigenvalue weighted by atomic mass is 9.80. The van der Waals surface area contributed by atoms with Crippen molar-refractivity contribution in [2.75, 3.05) is 0 Å². The van der Waals surface area contributed by atoms with Crippen LogP contribution in [-0.2, 0) is 6.42 Å². The van der Waals surface area contributed by atoms with E-state index in [4.69, 9.17) is 0 Å². The predicted molar refractivity (Wildman–Crippen MR) is 269 cm³/mol. The molecule has 0 saturated carbocycles. The molecule has 2 unspecified atom stereocenters. The van der Waals surface area contributed by atoms with E-state index >= 15 is 0 Å². The number of rotatable bonds is 42. The molecule has 0 fully saturated rings. The van der Waals surface area contributed by atoms with Gasteiger partial charge < -0.3 is 0 Å². The highest BCUT2D eigenvalue weighted by molar-refractivity contribution is 5.50. The van der Waals surface area contributed by atoms with Crippen molar-refractivity contribution >= 4 is 12.2 Å². The highest BCUT2D eigenvalue weighted by atomic mass is 14.2. The maximum atomic E-state index is 2.79. The van der Waals surface area contributed by atoms with E-state index in [1.165, 1.54) is 253 Å². The molecule has 0 saturated heterocycles. The lowest BCUT2D eigenvalue weighted by Gasteiger charge is -2.24. The van der Waals surface area contributed by atoms with Gasteiger partial charge in [-0.15, -0.1) is 0 Å². The van der Waals surface area contributed by atoms with E-state index in [2.05, 4.69) is 107 Å². The number of benzene rings is 2. The van der Waals surface area contributed by atoms with Gasteiger partial charge in [0.15, 0.2) is 0 Å². The van der Waals surface area contributed by atoms with Crippen molar-refractivity contribution in [3.8, 4) is 0 Å². The zero-order valence-corrected chi connectivity index (χ0v) is 40.1. The average Bonchev–Trinajstić information content (AvgIpc) is 3.26. The van der Waals surface area contributed by atoms with Gasteiger partial charge in [0.05, 0.1) is 0 Å². The fourth-order valence-corrected chi connectivity index (χ4v) is 8.97. The Hall–Kier alpha value is -2.08. The molecule has 335 valence electrons. The molecule has 1 radical (unpaired) electrons. The molecule has 2 atom stereocenters. The van der Waals surface area contributed by atoms with Crippen molar-refractivity contribution in [1.29, 1.82) is 0 Å². The first-order valence-electron chi connectivity index (χ1n) is 26.6. The summed E-state index contributed by atoms with van der Waals surface area (Å²) in [6.45, 7) is 9.28. The molecule has 2 rings (SSSR count). The van der Waals surface area contributed by atoms with Crippen LogP contribution in [0.25, 0.3) is 12.2 Å². The predicted octanol–water partition coefficient (Wildman–Crippen LogP) is 20.6. The Morgan fingerprint density at radius 2 is 0.712 bits per heavy atom. The van der Waals surface area contributed by atoms with Crippen LogP contribution in [0.15, 0.2) is 60.7 Å². The van der Waals surface area contributed by atoms with Crippen molar-refractivity contribution in [1.82, 2.24) is 0 Å². The first-order valence-corrected chi connectivity index (χ1v) is 26.6. The average molecular weight is 808 g/mol. The second-order valence-corrected chi connectivity index (χ2v) is 18.7. The molecule has 2 aromatic rings. The Balaban J connectivity index is 1.92. The van der Waals surface area contributed by atoms with Crippen LogP contribution in [0, 0.1) is 12.3 Å². The van der Waals surface area contributed by atoms with Crippen LogP contribution in [0.5, 0.6) is 0 Å². The molecule has 0 nitrogen and oxygen atoms in total. The third-order valence-electron chi connectivity index (χ3n) is 13.0. The summed E-state index contributed by atoms with van der Waals surface area (Å²) in [5.41, 5.74) is 5.74. The smallest absolute Gasteiger partial charge is 0.0128 e. The number of hydrogen-bond donors (Lipinski definition) is 0. The molecule has 0 heteroatoms. The largest absolute Gasteiger partial charge is 0.0839 e. The number of unbranched alkanes of at least 4 members (excludes halogenated alkanes) is 29. The van der Waals surface area contributed by atoms with Gasteiger partial charge in [0.1, 0.15) is 0 Å². The van der Waals surface area contributed by atoms with Crippen LogP contribution in [0.2, 0.25) is 0 Å². The maximum absolute atomic E-state index is 2.79. The van der Waals surface area contributed by atoms with Crippen LogP contribution in [0.1, 0.15) is 281 Å². The summed E-state index contributed by atoms with van der Waals surface area (Å²) in [5, 5.41) is 0. The molecule has 2 aromatic carbocycles. The fourth-order valence-electron chi connectivity index (χ4n) is 8.97. The maximum Gasteiger partial charge on any atom is -0.0128 e. The van der Waals surface area contributed by atoms with Crippen LogP contribution < -0.4 is 0 Å². The van der Waals surface area contributed by atoms with Crippen molar-refractivity contribution in [2.24, 2.45) is 5.92 Å². The zero-order valence-electron chi connectivity index (χ0n) is 40.1. The van der Waals surface area contributed by atoms with Gasteiger partial charge in [0, 0.05) is 0 Å². The Labute approximate surface area is 370 Å². The number of hydrogen-bond acceptors (Lipinski definition) is 0. The monoisotopic (exact) mass is 808 g/mol. The summed E-state index contributed by atoms with van der Waals surface area (Å²) in [4.78, 5) is 0. The van der Waals surface area contributed by atoms with Gasteiger partial charge in [0.25, 0.3) is 0 Å². The molecular formula is C59H99. The molecule has 59 heavy (non-hydrogen) atoms. The van der Waals surface area contributed by atoms with E-state index in [-0.39, 0.29) is 0 Å². The third-order valence-corrected chi connectivity index (χ3v) is 13.0. The second kappa shape index (κ2) is 40.0. The van der Waals surface area contributed by atoms with Gasteiger partial charge >= 0.3 is 0 Å². The van der Waals surface area contributed by atoms with Gasteiger partial charge in [-0.3, -0.25) is 0 Å². The molecule has 0 spiro atoms. The van der Waals surface area contributed by atoms with Crippen molar-refractivity contribution in [3.63, 3.8) is 0 Å². The van der Waals surface area contributed by atoms with E-state index in [1.54, 1.807) is 0 Å². The minimum absolute atomic E-state index is 0.538. The van der Waals surface area contributed by atoms with Crippen molar-refractivity contribution in [3.05, 3.63) is 89.4 Å². The van der Waals surface area contributed by atoms with Crippen molar-refractivity contribution < 1.29 is 0 Å². The molecule has 0 aliphatic rings. The van der Waals surface area contributed by atoms with E-state index in [0.29, 0.717) is 11.8 Å². The first kappa shape index (κ1) is 53.1. The lowest BCUT2D eigenvalue weighted by Crippen LogP contribution is -2.12. The first-order chi connectivity index (χ1) is 29.2. The summed E-state index contributed by atoms with van der Waals surface area (Å²) in [7, 11) is 0. The Morgan fingerprint density at radius 3 is 1.12 bits per heavy atom. The van der Waals surface area contributed by atoms with Crippen LogP contribution in [0.3, 0.4) is 0 Å². The molecule has 0 N–H and O–H groups in total. The summed E-state index contributed by atoms with van der Waals surface area (Å²) < 4.78 is 0. The van der Waals surface area contributed by atoms with E-state index < -0.39 is 0 Å². The highest BCUT2D eigenvalue weighted by Gasteiger charge is 2.19. The highest BCUT2D eigenvalue weighted by Crippen LogP contribution is 2.33. The van der Waals surface area contributed by atoms with Gasteiger partial charge in [-0.05, 0) is 85.5 Å². The fraction of sp³-hybridized carbons (Fsp3) is 0.712. The molecule has 0 aromatic heterocycles. The summed E-state index contributed by atoms with van der Waals surface area (Å²) in [6.07, 6.45) is 61.9. The van der Waals surface area contributed by atoms with Crippen LogP contribution in [0.4, 0.5) is 0 Å². The van der Waals surface area contributed by atoms with Crippen LogP contribution in [-0.4, -0.2) is 0 Å². The standard InChI is InChI=1S/C59H99/c1-5-9-13-16-19-22-25-26-27-30-33-36-39-42-57(52-56-46-44-54(45-47-56)40-37-34-31-28-23-20-17-14-10-6-2)53-59(43-12-8-4)58-50-48-55(49-51-58)41-38-35-32-29-24-21-18-15-11-7-3/h37-38,40-41,44-51,53,57,59H,5-36,39,42-43,52H2,1-4H3. The minimum Gasteiger partial charge on any atom is -0.0839 e. The van der Waals surface area contributed by atoms with Gasteiger partial charge in [-0.1, -0.05) is 287 Å². The van der Waals surface area contributed by atoms with E-state index in [0.717, 1.165) is 0 Å². The SMILES string of the molecule is CCCCCCCCCCC=Cc1ccc(CC([CH]C(CCCC)c2ccc(C=CCCCCCCCCCC)cc2)CCCCCCCCCCCCCCC)cc1. The molecule has 0 aliphatic carbocycles. The summed E-state index contributed by atoms with van der Waals surface area (Å²) >= 11 is 0. The zero-order chi connectivity index (χ0) is 42.1. The molecule has 0 amide bonds. The Bertz CT molecular complexity index is 1200. The lowest BCUT2D eigenvalue weighted by molar-refractivity contribution is 0.456. The normalized spacial score (nSPS) is 12.9. The summed E-state index contributed by atoms with van der Waals surface area (Å²) in [5.74, 6) is 1.16. The molecular weight excluding hydrogens is 709 g/mol. The van der Waals surface area contributed by atoms with Gasteiger partial charge in [-0.25, -0.2) is 0 Å². The second-order valence-electron chi connectivity index (χ2n) is 18.7. The minimum atomic E-state index is 0.538. The molecule has 0 aliphatic heterocycles. The quantitative estimate of drug-likeness (QED) is 0.0586. The van der Waals surface area contributed by atoms with Gasteiger partial charge in [0.2, 0.25) is 0 Å². The third kappa shape index (κ3) is 30.6. The van der Waals surface area contributed by atoms with Crippen LogP contribution >= 0.6 is 0 Å². The molecule has 0 bridgehead atoms. The molecule has 0 heterocycles. The van der Waals surface area contributed by atoms with E-state index in [1.807, 2.05) is 0 Å².